The second-order valence-electron chi connectivity index (χ2n) is 6.47. The van der Waals surface area contributed by atoms with Crippen LogP contribution in [0.15, 0.2) is 36.5 Å². The average molecular weight is 320 g/mol. The zero-order chi connectivity index (χ0) is 16.8. The molecular formula is C19H20N4O. The SMILES string of the molecule is Cc1nn(C)c2ncc(C(=O)N(C)C3CCc4ccccc43)cc12. The van der Waals surface area contributed by atoms with Crippen molar-refractivity contribution in [2.24, 2.45) is 7.05 Å². The van der Waals surface area contributed by atoms with Crippen molar-refractivity contribution in [2.45, 2.75) is 25.8 Å². The molecule has 0 saturated heterocycles. The Hall–Kier alpha value is -2.69. The van der Waals surface area contributed by atoms with E-state index in [4.69, 9.17) is 0 Å². The van der Waals surface area contributed by atoms with Crippen molar-refractivity contribution in [1.82, 2.24) is 19.7 Å². The van der Waals surface area contributed by atoms with Crippen LogP contribution >= 0.6 is 0 Å². The van der Waals surface area contributed by atoms with E-state index in [-0.39, 0.29) is 11.9 Å². The molecule has 5 heteroatoms. The zero-order valence-corrected chi connectivity index (χ0v) is 14.2. The minimum Gasteiger partial charge on any atom is -0.335 e. The predicted octanol–water partition coefficient (Wildman–Crippen LogP) is 3.04. The molecule has 0 radical (unpaired) electrons. The van der Waals surface area contributed by atoms with Crippen molar-refractivity contribution in [3.8, 4) is 0 Å². The van der Waals surface area contributed by atoms with Crippen molar-refractivity contribution < 1.29 is 4.79 Å². The van der Waals surface area contributed by atoms with Gasteiger partial charge in [0.25, 0.3) is 5.91 Å². The van der Waals surface area contributed by atoms with Gasteiger partial charge in [-0.05, 0) is 37.0 Å². The lowest BCUT2D eigenvalue weighted by Gasteiger charge is -2.25. The van der Waals surface area contributed by atoms with Gasteiger partial charge in [0.15, 0.2) is 5.65 Å². The number of fused-ring (bicyclic) bond motifs is 2. The number of pyridine rings is 1. The summed E-state index contributed by atoms with van der Waals surface area (Å²) in [5.74, 6) is 0.00866. The normalized spacial score (nSPS) is 16.4. The van der Waals surface area contributed by atoms with Crippen LogP contribution < -0.4 is 0 Å². The van der Waals surface area contributed by atoms with Gasteiger partial charge in [-0.3, -0.25) is 9.48 Å². The van der Waals surface area contributed by atoms with Crippen molar-refractivity contribution >= 4 is 16.9 Å². The van der Waals surface area contributed by atoms with Gasteiger partial charge in [-0.1, -0.05) is 24.3 Å². The maximum atomic E-state index is 13.0. The highest BCUT2D eigenvalue weighted by molar-refractivity contribution is 5.97. The van der Waals surface area contributed by atoms with Crippen LogP contribution in [0.4, 0.5) is 0 Å². The molecule has 0 aliphatic heterocycles. The van der Waals surface area contributed by atoms with Crippen molar-refractivity contribution in [3.63, 3.8) is 0 Å². The van der Waals surface area contributed by atoms with E-state index in [1.807, 2.05) is 38.1 Å². The number of nitrogens with zero attached hydrogens (tertiary/aromatic N) is 4. The first kappa shape index (κ1) is 14.9. The monoisotopic (exact) mass is 320 g/mol. The molecule has 0 fully saturated rings. The molecule has 1 aliphatic rings. The number of carbonyl (C=O) groups is 1. The summed E-state index contributed by atoms with van der Waals surface area (Å²) < 4.78 is 1.75. The van der Waals surface area contributed by atoms with Gasteiger partial charge in [0.1, 0.15) is 0 Å². The summed E-state index contributed by atoms with van der Waals surface area (Å²) in [6.45, 7) is 1.94. The fourth-order valence-electron chi connectivity index (χ4n) is 3.71. The van der Waals surface area contributed by atoms with E-state index in [0.717, 1.165) is 29.6 Å². The summed E-state index contributed by atoms with van der Waals surface area (Å²) in [5, 5.41) is 5.31. The Labute approximate surface area is 140 Å². The predicted molar refractivity (Wildman–Crippen MR) is 92.8 cm³/mol. The molecule has 24 heavy (non-hydrogen) atoms. The highest BCUT2D eigenvalue weighted by atomic mass is 16.2. The van der Waals surface area contributed by atoms with Gasteiger partial charge in [0, 0.05) is 25.7 Å². The Morgan fingerprint density at radius 2 is 2.12 bits per heavy atom. The van der Waals surface area contributed by atoms with Gasteiger partial charge >= 0.3 is 0 Å². The molecule has 0 bridgehead atoms. The van der Waals surface area contributed by atoms with Gasteiger partial charge in [-0.2, -0.15) is 5.10 Å². The van der Waals surface area contributed by atoms with Gasteiger partial charge in [0.2, 0.25) is 0 Å². The number of aromatic nitrogens is 3. The number of carbonyl (C=O) groups excluding carboxylic acids is 1. The lowest BCUT2D eigenvalue weighted by Crippen LogP contribution is -2.30. The van der Waals surface area contributed by atoms with Crippen LogP contribution in [-0.4, -0.2) is 32.6 Å². The number of hydrogen-bond acceptors (Lipinski definition) is 3. The van der Waals surface area contributed by atoms with E-state index in [1.54, 1.807) is 10.9 Å². The standard InChI is InChI=1S/C19H20N4O/c1-12-16-10-14(11-20-18(16)23(3)21-12)19(24)22(2)17-9-8-13-6-4-5-7-15(13)17/h4-7,10-11,17H,8-9H2,1-3H3. The molecule has 1 aromatic carbocycles. The molecule has 0 spiro atoms. The van der Waals surface area contributed by atoms with Gasteiger partial charge in [0.05, 0.1) is 17.3 Å². The smallest absolute Gasteiger partial charge is 0.255 e. The first-order chi connectivity index (χ1) is 11.6. The summed E-state index contributed by atoms with van der Waals surface area (Å²) >= 11 is 0. The van der Waals surface area contributed by atoms with Gasteiger partial charge in [-0.15, -0.1) is 0 Å². The summed E-state index contributed by atoms with van der Waals surface area (Å²) in [6, 6.07) is 10.4. The minimum absolute atomic E-state index is 0.00866. The highest BCUT2D eigenvalue weighted by Gasteiger charge is 2.29. The maximum Gasteiger partial charge on any atom is 0.255 e. The third-order valence-electron chi connectivity index (χ3n) is 5.00. The van der Waals surface area contributed by atoms with Gasteiger partial charge in [-0.25, -0.2) is 4.98 Å². The number of amides is 1. The van der Waals surface area contributed by atoms with Gasteiger partial charge < -0.3 is 4.90 Å². The Balaban J connectivity index is 1.68. The lowest BCUT2D eigenvalue weighted by molar-refractivity contribution is 0.0730. The molecule has 2 aromatic heterocycles. The first-order valence-corrected chi connectivity index (χ1v) is 8.20. The van der Waals surface area contributed by atoms with E-state index >= 15 is 0 Å². The quantitative estimate of drug-likeness (QED) is 0.729. The summed E-state index contributed by atoms with van der Waals surface area (Å²) in [5.41, 5.74) is 4.92. The van der Waals surface area contributed by atoms with Crippen LogP contribution in [0.25, 0.3) is 11.0 Å². The molecule has 0 saturated carbocycles. The van der Waals surface area contributed by atoms with Crippen LogP contribution in [0.3, 0.4) is 0 Å². The molecule has 2 heterocycles. The highest BCUT2D eigenvalue weighted by Crippen LogP contribution is 2.35. The molecule has 4 rings (SSSR count). The Morgan fingerprint density at radius 1 is 1.33 bits per heavy atom. The molecule has 3 aromatic rings. The summed E-state index contributed by atoms with van der Waals surface area (Å²) in [6.07, 6.45) is 3.66. The van der Waals surface area contributed by atoms with E-state index < -0.39 is 0 Å². The van der Waals surface area contributed by atoms with E-state index in [1.165, 1.54) is 11.1 Å². The van der Waals surface area contributed by atoms with E-state index in [0.29, 0.717) is 5.56 Å². The van der Waals surface area contributed by atoms with Crippen LogP contribution in [0.1, 0.15) is 39.6 Å². The van der Waals surface area contributed by atoms with Crippen molar-refractivity contribution in [1.29, 1.82) is 0 Å². The maximum absolute atomic E-state index is 13.0. The largest absolute Gasteiger partial charge is 0.335 e. The molecule has 1 atom stereocenters. The molecule has 1 unspecified atom stereocenters. The molecule has 1 amide bonds. The van der Waals surface area contributed by atoms with Crippen molar-refractivity contribution in [3.05, 3.63) is 58.9 Å². The van der Waals surface area contributed by atoms with Crippen LogP contribution in [0.2, 0.25) is 0 Å². The van der Waals surface area contributed by atoms with Crippen LogP contribution in [-0.2, 0) is 13.5 Å². The first-order valence-electron chi connectivity index (χ1n) is 8.20. The Kier molecular flexibility index (Phi) is 3.37. The number of hydrogen-bond donors (Lipinski definition) is 0. The minimum atomic E-state index is 0.00866. The summed E-state index contributed by atoms with van der Waals surface area (Å²) in [7, 11) is 3.75. The molecule has 5 nitrogen and oxygen atoms in total. The number of aryl methyl sites for hydroxylation is 3. The average Bonchev–Trinajstić information content (AvgIpc) is 3.15. The summed E-state index contributed by atoms with van der Waals surface area (Å²) in [4.78, 5) is 19.2. The zero-order valence-electron chi connectivity index (χ0n) is 14.2. The van der Waals surface area contributed by atoms with Crippen LogP contribution in [0.5, 0.6) is 0 Å². The number of rotatable bonds is 2. The Bertz CT molecular complexity index is 944. The van der Waals surface area contributed by atoms with E-state index in [2.05, 4.69) is 28.3 Å². The number of benzene rings is 1. The third-order valence-corrected chi connectivity index (χ3v) is 5.00. The molecule has 122 valence electrons. The van der Waals surface area contributed by atoms with Crippen molar-refractivity contribution in [2.75, 3.05) is 7.05 Å². The fourth-order valence-corrected chi connectivity index (χ4v) is 3.71. The molecule has 1 aliphatic carbocycles. The Morgan fingerprint density at radius 3 is 2.96 bits per heavy atom. The second kappa shape index (κ2) is 5.44. The third kappa shape index (κ3) is 2.19. The molecule has 0 N–H and O–H groups in total. The lowest BCUT2D eigenvalue weighted by atomic mass is 10.1. The fraction of sp³-hybridized carbons (Fsp3) is 0.316. The topological polar surface area (TPSA) is 51.0 Å². The van der Waals surface area contributed by atoms with Crippen LogP contribution in [0, 0.1) is 6.92 Å². The second-order valence-corrected chi connectivity index (χ2v) is 6.47. The van der Waals surface area contributed by atoms with E-state index in [9.17, 15) is 4.79 Å². The molecular weight excluding hydrogens is 300 g/mol.